The van der Waals surface area contributed by atoms with Gasteiger partial charge in [-0.25, -0.2) is 0 Å². The van der Waals surface area contributed by atoms with Crippen molar-refractivity contribution in [2.75, 3.05) is 12.4 Å². The molecule has 0 saturated carbocycles. The minimum atomic E-state index is -0.213. The fourth-order valence-electron chi connectivity index (χ4n) is 2.20. The fraction of sp³-hybridized carbons (Fsp3) is 0.375. The van der Waals surface area contributed by atoms with Crippen molar-refractivity contribution in [3.63, 3.8) is 0 Å². The number of aromatic nitrogens is 2. The first-order chi connectivity index (χ1) is 10.4. The van der Waals surface area contributed by atoms with Gasteiger partial charge in [-0.1, -0.05) is 19.1 Å². The van der Waals surface area contributed by atoms with Gasteiger partial charge >= 0.3 is 0 Å². The van der Waals surface area contributed by atoms with Crippen LogP contribution >= 0.6 is 15.9 Å². The Balaban J connectivity index is 2.07. The molecule has 0 aliphatic rings. The number of para-hydroxylation sites is 2. The highest BCUT2D eigenvalue weighted by Gasteiger charge is 2.18. The third-order valence-electron chi connectivity index (χ3n) is 3.55. The number of benzene rings is 1. The van der Waals surface area contributed by atoms with E-state index in [2.05, 4.69) is 26.3 Å². The van der Waals surface area contributed by atoms with E-state index in [4.69, 9.17) is 4.74 Å². The summed E-state index contributed by atoms with van der Waals surface area (Å²) in [5, 5.41) is 7.34. The molecule has 0 radical (unpaired) electrons. The standard InChI is InChI=1S/C16H20BrN3O2/c1-10(9-20-12(3)15(17)11(2)19-20)16(21)18-13-7-5-6-8-14(13)22-4/h5-8,10H,9H2,1-4H3,(H,18,21)/t10-/m1/s1. The number of halogens is 1. The van der Waals surface area contributed by atoms with Crippen molar-refractivity contribution >= 4 is 27.5 Å². The van der Waals surface area contributed by atoms with Gasteiger partial charge in [0, 0.05) is 5.69 Å². The number of methoxy groups -OCH3 is 1. The molecule has 0 aliphatic carbocycles. The maximum Gasteiger partial charge on any atom is 0.229 e. The first kappa shape index (κ1) is 16.5. The summed E-state index contributed by atoms with van der Waals surface area (Å²) in [6.07, 6.45) is 0. The molecule has 1 aromatic carbocycles. The van der Waals surface area contributed by atoms with Crippen molar-refractivity contribution in [2.45, 2.75) is 27.3 Å². The monoisotopic (exact) mass is 365 g/mol. The molecule has 0 spiro atoms. The second kappa shape index (κ2) is 6.96. The number of carbonyl (C=O) groups excluding carboxylic acids is 1. The van der Waals surface area contributed by atoms with Crippen molar-refractivity contribution in [1.29, 1.82) is 0 Å². The van der Waals surface area contributed by atoms with E-state index in [0.717, 1.165) is 15.9 Å². The number of carbonyl (C=O) groups is 1. The third kappa shape index (κ3) is 3.50. The topological polar surface area (TPSA) is 56.1 Å². The quantitative estimate of drug-likeness (QED) is 0.881. The Bertz CT molecular complexity index is 682. The number of aryl methyl sites for hydroxylation is 1. The Hall–Kier alpha value is -1.82. The number of nitrogens with zero attached hydrogens (tertiary/aromatic N) is 2. The minimum Gasteiger partial charge on any atom is -0.495 e. The predicted molar refractivity (Wildman–Crippen MR) is 90.2 cm³/mol. The molecule has 1 atom stereocenters. The van der Waals surface area contributed by atoms with E-state index >= 15 is 0 Å². The van der Waals surface area contributed by atoms with Gasteiger partial charge in [-0.2, -0.15) is 5.10 Å². The maximum atomic E-state index is 12.4. The number of rotatable bonds is 5. The molecule has 1 heterocycles. The number of amides is 1. The van der Waals surface area contributed by atoms with Gasteiger partial charge in [0.15, 0.2) is 0 Å². The van der Waals surface area contributed by atoms with Crippen LogP contribution in [0, 0.1) is 19.8 Å². The second-order valence-corrected chi connectivity index (χ2v) is 6.05. The van der Waals surface area contributed by atoms with Gasteiger partial charge < -0.3 is 10.1 Å². The largest absolute Gasteiger partial charge is 0.495 e. The van der Waals surface area contributed by atoms with Crippen molar-refractivity contribution < 1.29 is 9.53 Å². The summed E-state index contributed by atoms with van der Waals surface area (Å²) < 4.78 is 8.09. The van der Waals surface area contributed by atoms with Crippen LogP contribution in [0.2, 0.25) is 0 Å². The summed E-state index contributed by atoms with van der Waals surface area (Å²) >= 11 is 3.50. The number of hydrogen-bond donors (Lipinski definition) is 1. The lowest BCUT2D eigenvalue weighted by Gasteiger charge is -2.15. The van der Waals surface area contributed by atoms with Gasteiger partial charge in [0.05, 0.1) is 35.4 Å². The zero-order valence-electron chi connectivity index (χ0n) is 13.2. The van der Waals surface area contributed by atoms with E-state index in [0.29, 0.717) is 18.0 Å². The molecule has 0 aliphatic heterocycles. The molecule has 0 unspecified atom stereocenters. The normalized spacial score (nSPS) is 12.0. The van der Waals surface area contributed by atoms with E-state index in [1.807, 2.05) is 49.7 Å². The minimum absolute atomic E-state index is 0.0619. The predicted octanol–water partition coefficient (Wildman–Crippen LogP) is 3.55. The molecule has 22 heavy (non-hydrogen) atoms. The van der Waals surface area contributed by atoms with Crippen LogP contribution in [0.25, 0.3) is 0 Å². The maximum absolute atomic E-state index is 12.4. The molecule has 0 fully saturated rings. The molecule has 6 heteroatoms. The SMILES string of the molecule is COc1ccccc1NC(=O)[C@H](C)Cn1nc(C)c(Br)c1C. The highest BCUT2D eigenvalue weighted by atomic mass is 79.9. The van der Waals surface area contributed by atoms with Gasteiger partial charge in [0.1, 0.15) is 5.75 Å². The molecular weight excluding hydrogens is 346 g/mol. The van der Waals surface area contributed by atoms with Crippen molar-refractivity contribution in [3.8, 4) is 5.75 Å². The summed E-state index contributed by atoms with van der Waals surface area (Å²) in [6, 6.07) is 7.37. The summed E-state index contributed by atoms with van der Waals surface area (Å²) in [6.45, 7) is 6.33. The second-order valence-electron chi connectivity index (χ2n) is 5.26. The zero-order valence-corrected chi connectivity index (χ0v) is 14.8. The van der Waals surface area contributed by atoms with E-state index in [-0.39, 0.29) is 11.8 Å². The van der Waals surface area contributed by atoms with Crippen LogP contribution in [0.15, 0.2) is 28.7 Å². The van der Waals surface area contributed by atoms with Crippen LogP contribution in [0.5, 0.6) is 5.75 Å². The Kier molecular flexibility index (Phi) is 5.24. The molecule has 1 N–H and O–H groups in total. The van der Waals surface area contributed by atoms with Crippen LogP contribution in [0.4, 0.5) is 5.69 Å². The smallest absolute Gasteiger partial charge is 0.229 e. The fourth-order valence-corrected chi connectivity index (χ4v) is 2.48. The molecule has 1 aromatic heterocycles. The van der Waals surface area contributed by atoms with Gasteiger partial charge in [0.25, 0.3) is 0 Å². The Morgan fingerprint density at radius 3 is 2.68 bits per heavy atom. The number of nitrogens with one attached hydrogen (secondary N) is 1. The van der Waals surface area contributed by atoms with Crippen molar-refractivity contribution in [3.05, 3.63) is 40.1 Å². The van der Waals surface area contributed by atoms with E-state index in [1.165, 1.54) is 0 Å². The first-order valence-electron chi connectivity index (χ1n) is 7.07. The average molecular weight is 366 g/mol. The van der Waals surface area contributed by atoms with Crippen LogP contribution in [-0.2, 0) is 11.3 Å². The average Bonchev–Trinajstić information content (AvgIpc) is 2.75. The Morgan fingerprint density at radius 1 is 1.41 bits per heavy atom. The van der Waals surface area contributed by atoms with Gasteiger partial charge in [-0.05, 0) is 41.9 Å². The summed E-state index contributed by atoms with van der Waals surface area (Å²) in [5.41, 5.74) is 2.63. The van der Waals surface area contributed by atoms with Gasteiger partial charge in [-0.15, -0.1) is 0 Å². The Morgan fingerprint density at radius 2 is 2.09 bits per heavy atom. The van der Waals surface area contributed by atoms with E-state index in [1.54, 1.807) is 7.11 Å². The van der Waals surface area contributed by atoms with Crippen molar-refractivity contribution in [1.82, 2.24) is 9.78 Å². The molecule has 2 rings (SSSR count). The van der Waals surface area contributed by atoms with Crippen LogP contribution < -0.4 is 10.1 Å². The molecule has 0 saturated heterocycles. The number of anilines is 1. The van der Waals surface area contributed by atoms with Crippen LogP contribution in [-0.4, -0.2) is 22.8 Å². The lowest BCUT2D eigenvalue weighted by molar-refractivity contribution is -0.119. The van der Waals surface area contributed by atoms with Crippen molar-refractivity contribution in [2.24, 2.45) is 5.92 Å². The first-order valence-corrected chi connectivity index (χ1v) is 7.86. The lowest BCUT2D eigenvalue weighted by atomic mass is 10.1. The highest BCUT2D eigenvalue weighted by molar-refractivity contribution is 9.10. The zero-order chi connectivity index (χ0) is 16.3. The van der Waals surface area contributed by atoms with Crippen LogP contribution in [0.3, 0.4) is 0 Å². The number of hydrogen-bond acceptors (Lipinski definition) is 3. The summed E-state index contributed by atoms with van der Waals surface area (Å²) in [4.78, 5) is 12.4. The van der Waals surface area contributed by atoms with E-state index in [9.17, 15) is 4.79 Å². The third-order valence-corrected chi connectivity index (χ3v) is 4.70. The molecule has 5 nitrogen and oxygen atoms in total. The molecule has 2 aromatic rings. The summed E-state index contributed by atoms with van der Waals surface area (Å²) in [7, 11) is 1.59. The lowest BCUT2D eigenvalue weighted by Crippen LogP contribution is -2.25. The van der Waals surface area contributed by atoms with Gasteiger partial charge in [0.2, 0.25) is 5.91 Å². The van der Waals surface area contributed by atoms with E-state index < -0.39 is 0 Å². The molecule has 0 bridgehead atoms. The van der Waals surface area contributed by atoms with Gasteiger partial charge in [-0.3, -0.25) is 9.48 Å². The summed E-state index contributed by atoms with van der Waals surface area (Å²) in [5.74, 6) is 0.375. The highest BCUT2D eigenvalue weighted by Crippen LogP contribution is 2.24. The number of ether oxygens (including phenoxy) is 1. The molecule has 1 amide bonds. The molecular formula is C16H20BrN3O2. The molecule has 118 valence electrons. The Labute approximate surface area is 138 Å². The van der Waals surface area contributed by atoms with Crippen LogP contribution in [0.1, 0.15) is 18.3 Å².